The summed E-state index contributed by atoms with van der Waals surface area (Å²) in [5, 5.41) is 3.00. The normalized spacial score (nSPS) is 13.3. The molecule has 0 saturated heterocycles. The van der Waals surface area contributed by atoms with Crippen LogP contribution in [0.25, 0.3) is 10.8 Å². The van der Waals surface area contributed by atoms with Gasteiger partial charge in [0, 0.05) is 17.8 Å². The highest BCUT2D eigenvalue weighted by molar-refractivity contribution is 6.74. The van der Waals surface area contributed by atoms with E-state index < -0.39 is 14.2 Å². The standard InChI is InChI=1S/C25H34ClN3O3Si/c1-25(2,3)33(4,5)32-22(15-29-16-23(24(27)30)28-17-29)7-6-12-31-21-11-9-18-8-10-20(26)13-19(18)14-21/h8-11,13-14,16-17,22H,6-7,12,15H2,1-5H3,(H2,27,30)/t22-/m0/s1. The SMILES string of the molecule is CC(C)(C)[Si](C)(C)O[C@@H](CCCOc1ccc2ccc(Cl)cc2c1)Cn1cnc(C(N)=O)c1. The summed E-state index contributed by atoms with van der Waals surface area (Å²) in [6.45, 7) is 12.4. The second-order valence-corrected chi connectivity index (χ2v) is 15.2. The van der Waals surface area contributed by atoms with E-state index in [0.29, 0.717) is 18.2 Å². The Morgan fingerprint density at radius 2 is 1.91 bits per heavy atom. The molecule has 0 aliphatic rings. The van der Waals surface area contributed by atoms with Crippen molar-refractivity contribution in [2.75, 3.05) is 6.61 Å². The zero-order chi connectivity index (χ0) is 24.2. The van der Waals surface area contributed by atoms with Crippen LogP contribution in [-0.2, 0) is 11.0 Å². The number of nitrogens with two attached hydrogens (primary N) is 1. The second kappa shape index (κ2) is 10.3. The molecule has 0 fully saturated rings. The van der Waals surface area contributed by atoms with Gasteiger partial charge in [-0.2, -0.15) is 0 Å². The van der Waals surface area contributed by atoms with Crippen molar-refractivity contribution >= 4 is 36.6 Å². The van der Waals surface area contributed by atoms with Gasteiger partial charge in [-0.15, -0.1) is 0 Å². The van der Waals surface area contributed by atoms with Gasteiger partial charge in [0.1, 0.15) is 11.4 Å². The molecule has 8 heteroatoms. The van der Waals surface area contributed by atoms with E-state index in [2.05, 4.69) is 38.8 Å². The van der Waals surface area contributed by atoms with Crippen LogP contribution in [0.4, 0.5) is 0 Å². The lowest BCUT2D eigenvalue weighted by Crippen LogP contribution is -2.45. The Morgan fingerprint density at radius 1 is 1.18 bits per heavy atom. The number of hydrogen-bond donors (Lipinski definition) is 1. The summed E-state index contributed by atoms with van der Waals surface area (Å²) < 4.78 is 14.6. The van der Waals surface area contributed by atoms with E-state index >= 15 is 0 Å². The summed E-state index contributed by atoms with van der Waals surface area (Å²) in [7, 11) is -1.98. The van der Waals surface area contributed by atoms with Crippen LogP contribution in [0.5, 0.6) is 5.75 Å². The van der Waals surface area contributed by atoms with Crippen LogP contribution >= 0.6 is 11.6 Å². The van der Waals surface area contributed by atoms with Gasteiger partial charge >= 0.3 is 0 Å². The highest BCUT2D eigenvalue weighted by Crippen LogP contribution is 2.38. The zero-order valence-corrected chi connectivity index (χ0v) is 21.9. The maximum Gasteiger partial charge on any atom is 0.268 e. The van der Waals surface area contributed by atoms with Crippen LogP contribution < -0.4 is 10.5 Å². The largest absolute Gasteiger partial charge is 0.494 e. The highest BCUT2D eigenvalue weighted by atomic mass is 35.5. The first-order valence-corrected chi connectivity index (χ1v) is 14.5. The molecule has 0 saturated carbocycles. The number of rotatable bonds is 10. The lowest BCUT2D eigenvalue weighted by atomic mass is 10.1. The zero-order valence-electron chi connectivity index (χ0n) is 20.1. The van der Waals surface area contributed by atoms with Gasteiger partial charge in [-0.1, -0.05) is 44.5 Å². The van der Waals surface area contributed by atoms with Crippen molar-refractivity contribution in [3.05, 3.63) is 59.6 Å². The van der Waals surface area contributed by atoms with Crippen LogP contribution in [0.1, 0.15) is 44.1 Å². The van der Waals surface area contributed by atoms with E-state index in [1.165, 1.54) is 0 Å². The van der Waals surface area contributed by atoms with Crippen LogP contribution in [0, 0.1) is 0 Å². The third-order valence-electron chi connectivity index (χ3n) is 6.28. The molecule has 0 spiro atoms. The molecule has 2 N–H and O–H groups in total. The molecular weight excluding hydrogens is 454 g/mol. The maximum atomic E-state index is 11.4. The van der Waals surface area contributed by atoms with Crippen molar-refractivity contribution < 1.29 is 14.0 Å². The molecule has 0 unspecified atom stereocenters. The lowest BCUT2D eigenvalue weighted by Gasteiger charge is -2.39. The van der Waals surface area contributed by atoms with Gasteiger partial charge in [0.15, 0.2) is 8.32 Å². The van der Waals surface area contributed by atoms with Crippen molar-refractivity contribution in [2.45, 2.75) is 64.4 Å². The van der Waals surface area contributed by atoms with E-state index in [1.54, 1.807) is 12.5 Å². The van der Waals surface area contributed by atoms with Gasteiger partial charge < -0.3 is 19.5 Å². The number of imidazole rings is 1. The Balaban J connectivity index is 1.63. The van der Waals surface area contributed by atoms with Crippen LogP contribution in [0.3, 0.4) is 0 Å². The lowest BCUT2D eigenvalue weighted by molar-refractivity contribution is 0.0995. The van der Waals surface area contributed by atoms with E-state index in [1.807, 2.05) is 41.0 Å². The van der Waals surface area contributed by atoms with Gasteiger partial charge in [-0.05, 0) is 66.0 Å². The summed E-state index contributed by atoms with van der Waals surface area (Å²) in [5.41, 5.74) is 5.61. The van der Waals surface area contributed by atoms with Crippen molar-refractivity contribution in [2.24, 2.45) is 5.73 Å². The third-order valence-corrected chi connectivity index (χ3v) is 11.1. The van der Waals surface area contributed by atoms with E-state index in [-0.39, 0.29) is 16.8 Å². The summed E-state index contributed by atoms with van der Waals surface area (Å²) in [6.07, 6.45) is 4.97. The molecule has 3 aromatic rings. The Kier molecular flexibility index (Phi) is 7.87. The van der Waals surface area contributed by atoms with Crippen molar-refractivity contribution in [1.82, 2.24) is 9.55 Å². The number of carbonyl (C=O) groups is 1. The maximum absolute atomic E-state index is 11.4. The Labute approximate surface area is 202 Å². The molecule has 6 nitrogen and oxygen atoms in total. The number of hydrogen-bond acceptors (Lipinski definition) is 4. The fourth-order valence-electron chi connectivity index (χ4n) is 3.39. The first kappa shape index (κ1) is 25.3. The van der Waals surface area contributed by atoms with Crippen LogP contribution in [0.15, 0.2) is 48.9 Å². The molecule has 33 heavy (non-hydrogen) atoms. The molecule has 1 atom stereocenters. The van der Waals surface area contributed by atoms with Crippen molar-refractivity contribution in [1.29, 1.82) is 0 Å². The number of fused-ring (bicyclic) bond motifs is 1. The molecule has 1 amide bonds. The van der Waals surface area contributed by atoms with Gasteiger partial charge in [0.2, 0.25) is 0 Å². The first-order chi connectivity index (χ1) is 15.4. The summed E-state index contributed by atoms with van der Waals surface area (Å²) in [5.74, 6) is 0.299. The number of carbonyl (C=O) groups excluding carboxylic acids is 1. The smallest absolute Gasteiger partial charge is 0.268 e. The summed E-state index contributed by atoms with van der Waals surface area (Å²) in [6, 6.07) is 11.9. The summed E-state index contributed by atoms with van der Waals surface area (Å²) in [4.78, 5) is 15.5. The number of halogens is 1. The van der Waals surface area contributed by atoms with Crippen molar-refractivity contribution in [3.63, 3.8) is 0 Å². The molecule has 178 valence electrons. The molecule has 2 aromatic carbocycles. The molecule has 3 rings (SSSR count). The van der Waals surface area contributed by atoms with Gasteiger partial charge in [0.25, 0.3) is 5.91 Å². The number of amides is 1. The topological polar surface area (TPSA) is 79.4 Å². The first-order valence-electron chi connectivity index (χ1n) is 11.3. The minimum atomic E-state index is -1.98. The molecule has 1 aromatic heterocycles. The quantitative estimate of drug-likeness (QED) is 0.279. The number of ether oxygens (including phenoxy) is 1. The molecular formula is C25H34ClN3O3Si. The number of aromatic nitrogens is 2. The predicted molar refractivity (Wildman–Crippen MR) is 137 cm³/mol. The van der Waals surface area contributed by atoms with Crippen LogP contribution in [0.2, 0.25) is 23.2 Å². The molecule has 0 aliphatic carbocycles. The number of benzene rings is 2. The van der Waals surface area contributed by atoms with E-state index in [0.717, 1.165) is 29.4 Å². The molecule has 0 aliphatic heterocycles. The van der Waals surface area contributed by atoms with E-state index in [9.17, 15) is 4.79 Å². The Morgan fingerprint density at radius 3 is 2.58 bits per heavy atom. The number of primary amides is 1. The average Bonchev–Trinajstić information content (AvgIpc) is 3.18. The molecule has 0 bridgehead atoms. The van der Waals surface area contributed by atoms with Gasteiger partial charge in [0.05, 0.1) is 19.0 Å². The Bertz CT molecular complexity index is 1110. The molecule has 1 heterocycles. The average molecular weight is 488 g/mol. The number of nitrogens with zero attached hydrogens (tertiary/aromatic N) is 2. The van der Waals surface area contributed by atoms with Crippen molar-refractivity contribution in [3.8, 4) is 5.75 Å². The van der Waals surface area contributed by atoms with Crippen LogP contribution in [-0.4, -0.2) is 36.5 Å². The summed E-state index contributed by atoms with van der Waals surface area (Å²) >= 11 is 6.12. The minimum absolute atomic E-state index is 0.0140. The minimum Gasteiger partial charge on any atom is -0.494 e. The van der Waals surface area contributed by atoms with E-state index in [4.69, 9.17) is 26.5 Å². The van der Waals surface area contributed by atoms with Gasteiger partial charge in [-0.3, -0.25) is 4.79 Å². The van der Waals surface area contributed by atoms with Gasteiger partial charge in [-0.25, -0.2) is 4.98 Å². The fraction of sp³-hybridized carbons (Fsp3) is 0.440. The monoisotopic (exact) mass is 487 g/mol. The predicted octanol–water partition coefficient (Wildman–Crippen LogP) is 6.04. The highest BCUT2D eigenvalue weighted by Gasteiger charge is 2.39. The fourth-order valence-corrected chi connectivity index (χ4v) is 4.95. The Hall–Kier alpha value is -2.35. The second-order valence-electron chi connectivity index (χ2n) is 9.96. The third kappa shape index (κ3) is 6.82. The molecule has 0 radical (unpaired) electrons.